The number of piperazine rings is 1. The van der Waals surface area contributed by atoms with Crippen LogP contribution in [0.25, 0.3) is 0 Å². The van der Waals surface area contributed by atoms with E-state index in [0.29, 0.717) is 89.9 Å². The molecule has 3 fully saturated rings. The largest absolute Gasteiger partial charge is 0.461 e. The van der Waals surface area contributed by atoms with Crippen molar-refractivity contribution in [2.45, 2.75) is 68.9 Å². The van der Waals surface area contributed by atoms with Crippen molar-refractivity contribution in [3.8, 4) is 6.01 Å². The van der Waals surface area contributed by atoms with E-state index in [9.17, 15) is 9.18 Å². The maximum Gasteiger partial charge on any atom is 0.318 e. The van der Waals surface area contributed by atoms with E-state index < -0.39 is 11.8 Å². The van der Waals surface area contributed by atoms with Crippen molar-refractivity contribution >= 4 is 40.6 Å². The van der Waals surface area contributed by atoms with Crippen LogP contribution in [-0.4, -0.2) is 109 Å². The van der Waals surface area contributed by atoms with Crippen LogP contribution in [-0.2, 0) is 34.6 Å². The van der Waals surface area contributed by atoms with E-state index in [0.717, 1.165) is 66.1 Å². The lowest BCUT2D eigenvalue weighted by atomic mass is 9.87. The molecule has 0 unspecified atom stereocenters. The van der Waals surface area contributed by atoms with E-state index >= 15 is 0 Å². The van der Waals surface area contributed by atoms with Crippen molar-refractivity contribution in [2.24, 2.45) is 10.7 Å². The van der Waals surface area contributed by atoms with E-state index in [4.69, 9.17) is 53.4 Å². The molecule has 1 aromatic heterocycles. The number of hydrogen-bond donors (Lipinski definition) is 2. The Morgan fingerprint density at radius 3 is 2.86 bits per heavy atom. The summed E-state index contributed by atoms with van der Waals surface area (Å²) in [5, 5.41) is 4.18. The minimum atomic E-state index is -0.853. The number of fused-ring (bicyclic) bond motifs is 4. The van der Waals surface area contributed by atoms with Crippen molar-refractivity contribution < 1.29 is 18.7 Å². The predicted molar refractivity (Wildman–Crippen MR) is 186 cm³/mol. The fourth-order valence-corrected chi connectivity index (χ4v) is 9.19. The van der Waals surface area contributed by atoms with Crippen LogP contribution in [0.1, 0.15) is 54.5 Å². The Kier molecular flexibility index (Phi) is 8.97. The normalized spacial score (nSPS) is 28.9. The number of carbonyl (C=O) groups is 1. The lowest BCUT2D eigenvalue weighted by Gasteiger charge is -2.37. The standard InChI is InChI=1S/C35H43Cl2FN8O3/c36-26-5-1-4-25-23(26)6-8-35(25)17-27-24(20-49-35)31(43-33(42-27)48-21-34-7-2-13-46(34)18-22(38)16-34)45-12-3-9-41-28(19-45)29(37)30(39)32(47)44-14-10-40-11-15-44/h1,4-5,22,40H,2-3,6-21,39H2/t22-,34+,35+/m1/s1. The van der Waals surface area contributed by atoms with Gasteiger partial charge in [-0.05, 0) is 55.8 Å². The number of nitrogens with two attached hydrogens (primary N) is 1. The number of nitrogens with zero attached hydrogens (tertiary/aromatic N) is 6. The fourth-order valence-electron chi connectivity index (χ4n) is 8.72. The first-order valence-corrected chi connectivity index (χ1v) is 18.3. The first-order chi connectivity index (χ1) is 23.8. The Morgan fingerprint density at radius 1 is 1.14 bits per heavy atom. The summed E-state index contributed by atoms with van der Waals surface area (Å²) in [5.74, 6) is 0.416. The summed E-state index contributed by atoms with van der Waals surface area (Å²) in [6.45, 7) is 6.04. The predicted octanol–water partition coefficient (Wildman–Crippen LogP) is 3.49. The summed E-state index contributed by atoms with van der Waals surface area (Å²) in [6, 6.07) is 6.29. The zero-order chi connectivity index (χ0) is 33.8. The smallest absolute Gasteiger partial charge is 0.318 e. The number of anilines is 1. The molecule has 14 heteroatoms. The average molecular weight is 714 g/mol. The molecule has 0 bridgehead atoms. The molecule has 6 aliphatic rings. The van der Waals surface area contributed by atoms with Crippen LogP contribution in [0.5, 0.6) is 6.01 Å². The third-order valence-corrected chi connectivity index (χ3v) is 12.0. The number of ether oxygens (including phenoxy) is 2. The van der Waals surface area contributed by atoms with Gasteiger partial charge in [0.25, 0.3) is 5.91 Å². The van der Waals surface area contributed by atoms with Gasteiger partial charge in [0.1, 0.15) is 24.3 Å². The molecular formula is C35H43Cl2FN8O3. The van der Waals surface area contributed by atoms with Gasteiger partial charge >= 0.3 is 6.01 Å². The second kappa shape index (κ2) is 13.3. The third kappa shape index (κ3) is 6.07. The molecule has 6 heterocycles. The van der Waals surface area contributed by atoms with Gasteiger partial charge in [-0.1, -0.05) is 35.3 Å². The molecule has 1 aliphatic carbocycles. The number of amides is 1. The van der Waals surface area contributed by atoms with E-state index in [1.165, 1.54) is 0 Å². The average Bonchev–Trinajstić information content (AvgIpc) is 3.69. The molecule has 0 radical (unpaired) electrons. The van der Waals surface area contributed by atoms with Gasteiger partial charge in [0.05, 0.1) is 40.7 Å². The number of hydrogen-bond acceptors (Lipinski definition) is 10. The van der Waals surface area contributed by atoms with Crippen LogP contribution in [0.15, 0.2) is 33.9 Å². The Morgan fingerprint density at radius 2 is 2.00 bits per heavy atom. The number of aliphatic imine (C=N–C) groups is 1. The molecule has 3 saturated heterocycles. The summed E-state index contributed by atoms with van der Waals surface area (Å²) >= 11 is 13.5. The second-order valence-corrected chi connectivity index (χ2v) is 15.0. The molecule has 262 valence electrons. The van der Waals surface area contributed by atoms with Gasteiger partial charge in [0.2, 0.25) is 0 Å². The molecule has 2 aromatic rings. The van der Waals surface area contributed by atoms with Gasteiger partial charge in [0, 0.05) is 69.2 Å². The number of halogens is 3. The van der Waals surface area contributed by atoms with Crippen LogP contribution in [0.4, 0.5) is 10.2 Å². The highest BCUT2D eigenvalue weighted by Crippen LogP contribution is 2.49. The molecule has 3 N–H and O–H groups in total. The number of benzene rings is 1. The third-order valence-electron chi connectivity index (χ3n) is 11.3. The lowest BCUT2D eigenvalue weighted by Crippen LogP contribution is -2.48. The SMILES string of the molecule is NC(C(=O)N1CCNCC1)=C(Cl)C1=NCCCN(c2nc(OC[C@@]34CCCN3C[C@H](F)C4)nc3c2CO[C@@]2(CCc4c(Cl)cccc42)C3)C1. The summed E-state index contributed by atoms with van der Waals surface area (Å²) in [4.78, 5) is 34.1. The molecule has 5 aliphatic heterocycles. The Hall–Kier alpha value is -3.03. The molecule has 8 rings (SSSR count). The van der Waals surface area contributed by atoms with Gasteiger partial charge in [-0.15, -0.1) is 0 Å². The molecule has 0 saturated carbocycles. The Labute approximate surface area is 296 Å². The molecule has 1 spiro atoms. The van der Waals surface area contributed by atoms with E-state index in [2.05, 4.69) is 21.2 Å². The van der Waals surface area contributed by atoms with Crippen molar-refractivity contribution in [3.63, 3.8) is 0 Å². The Bertz CT molecular complexity index is 1700. The minimum absolute atomic E-state index is 0.00449. The fraction of sp³-hybridized carbons (Fsp3) is 0.600. The first-order valence-electron chi connectivity index (χ1n) is 17.5. The number of nitrogens with one attached hydrogen (secondary N) is 1. The summed E-state index contributed by atoms with van der Waals surface area (Å²) in [7, 11) is 0. The van der Waals surface area contributed by atoms with Crippen LogP contribution >= 0.6 is 23.2 Å². The highest BCUT2D eigenvalue weighted by Gasteiger charge is 2.50. The highest BCUT2D eigenvalue weighted by atomic mass is 35.5. The lowest BCUT2D eigenvalue weighted by molar-refractivity contribution is -0.127. The van der Waals surface area contributed by atoms with Gasteiger partial charge in [0.15, 0.2) is 0 Å². The van der Waals surface area contributed by atoms with Gasteiger partial charge in [-0.25, -0.2) is 4.39 Å². The van der Waals surface area contributed by atoms with Gasteiger partial charge < -0.3 is 30.3 Å². The zero-order valence-corrected chi connectivity index (χ0v) is 29.2. The number of rotatable bonds is 6. The van der Waals surface area contributed by atoms with Crippen LogP contribution in [0.3, 0.4) is 0 Å². The van der Waals surface area contributed by atoms with E-state index in [1.807, 2.05) is 12.1 Å². The van der Waals surface area contributed by atoms with Crippen molar-refractivity contribution in [1.29, 1.82) is 0 Å². The van der Waals surface area contributed by atoms with Crippen molar-refractivity contribution in [1.82, 2.24) is 25.1 Å². The summed E-state index contributed by atoms with van der Waals surface area (Å²) in [6.07, 6.45) is 4.47. The second-order valence-electron chi connectivity index (χ2n) is 14.2. The first kappa shape index (κ1) is 33.1. The highest BCUT2D eigenvalue weighted by molar-refractivity contribution is 6.45. The van der Waals surface area contributed by atoms with Crippen molar-refractivity contribution in [2.75, 3.05) is 70.4 Å². The molecule has 3 atom stereocenters. The molecular weight excluding hydrogens is 670 g/mol. The van der Waals surface area contributed by atoms with Gasteiger partial charge in [-0.3, -0.25) is 14.7 Å². The van der Waals surface area contributed by atoms with Crippen molar-refractivity contribution in [3.05, 3.63) is 56.3 Å². The number of carbonyl (C=O) groups excluding carboxylic acids is 1. The van der Waals surface area contributed by atoms with Crippen LogP contribution in [0, 0.1) is 0 Å². The topological polar surface area (TPSA) is 121 Å². The summed E-state index contributed by atoms with van der Waals surface area (Å²) < 4.78 is 27.8. The number of alkyl halides is 1. The zero-order valence-electron chi connectivity index (χ0n) is 27.7. The number of aromatic nitrogens is 2. The Balaban J connectivity index is 1.12. The van der Waals surface area contributed by atoms with Crippen LogP contribution < -0.4 is 20.7 Å². The maximum atomic E-state index is 14.6. The van der Waals surface area contributed by atoms with Crippen LogP contribution in [0.2, 0.25) is 5.02 Å². The molecule has 1 amide bonds. The molecule has 1 aromatic carbocycles. The van der Waals surface area contributed by atoms with E-state index in [-0.39, 0.29) is 28.2 Å². The monoisotopic (exact) mass is 712 g/mol. The summed E-state index contributed by atoms with van der Waals surface area (Å²) in [5.41, 5.74) is 10.1. The molecule has 49 heavy (non-hydrogen) atoms. The molecule has 11 nitrogen and oxygen atoms in total. The quantitative estimate of drug-likeness (QED) is 0.434. The minimum Gasteiger partial charge on any atom is -0.461 e. The van der Waals surface area contributed by atoms with Gasteiger partial charge in [-0.2, -0.15) is 9.97 Å². The maximum absolute atomic E-state index is 14.6. The van der Waals surface area contributed by atoms with E-state index in [1.54, 1.807) is 4.90 Å².